The normalized spacial score (nSPS) is 32.6. The molecule has 4 aliphatic carbocycles. The molecule has 1 unspecified atom stereocenters. The lowest BCUT2D eigenvalue weighted by Gasteiger charge is -2.55. The highest BCUT2D eigenvalue weighted by Gasteiger charge is 2.54. The number of esters is 1. The van der Waals surface area contributed by atoms with E-state index < -0.39 is 0 Å². The fraction of sp³-hybridized carbons (Fsp3) is 0.577. The molecule has 1 atom stereocenters. The summed E-state index contributed by atoms with van der Waals surface area (Å²) in [5, 5.41) is 7.09. The van der Waals surface area contributed by atoms with E-state index in [1.807, 2.05) is 43.0 Å². The van der Waals surface area contributed by atoms with Crippen molar-refractivity contribution < 1.29 is 14.3 Å². The van der Waals surface area contributed by atoms with E-state index in [1.165, 1.54) is 26.4 Å². The van der Waals surface area contributed by atoms with Gasteiger partial charge in [0.1, 0.15) is 0 Å². The number of hydrogen-bond donors (Lipinski definition) is 2. The maximum Gasteiger partial charge on any atom is 0.337 e. The van der Waals surface area contributed by atoms with Gasteiger partial charge in [-0.25, -0.2) is 4.79 Å². The van der Waals surface area contributed by atoms with Crippen molar-refractivity contribution in [1.29, 1.82) is 0 Å². The predicted molar refractivity (Wildman–Crippen MR) is 131 cm³/mol. The molecule has 6 nitrogen and oxygen atoms in total. The molecule has 1 heterocycles. The number of methoxy groups -OCH3 is 1. The molecule has 0 aromatic heterocycles. The number of carbonyl (C=O) groups excluding carboxylic acids is 2. The zero-order valence-corrected chi connectivity index (χ0v) is 20.5. The lowest BCUT2D eigenvalue weighted by molar-refractivity contribution is -0.140. The summed E-state index contributed by atoms with van der Waals surface area (Å²) in [5.41, 5.74) is 2.89. The second-order valence-electron chi connectivity index (χ2n) is 10.4. The fourth-order valence-corrected chi connectivity index (χ4v) is 7.58. The standard InChI is InChI=1S/C26H33N3O3S/c1-4-29-15(2)21(23(30)32-3)22(28-25(29)33)19-5-7-20(8-6-19)27-24(31)26-12-16-9-17(13-26)11-18(10-16)14-26/h5-8,16-18,22H,4,9-14H2,1-3H3,(H,27,31)(H,28,33). The molecule has 4 bridgehead atoms. The molecule has 0 radical (unpaired) electrons. The van der Waals surface area contributed by atoms with Crippen molar-refractivity contribution in [2.45, 2.75) is 58.4 Å². The molecule has 5 aliphatic rings. The monoisotopic (exact) mass is 467 g/mol. The second-order valence-corrected chi connectivity index (χ2v) is 10.8. The number of nitrogens with zero attached hydrogens (tertiary/aromatic N) is 1. The minimum atomic E-state index is -0.388. The molecular weight excluding hydrogens is 434 g/mol. The number of hydrogen-bond acceptors (Lipinski definition) is 4. The highest BCUT2D eigenvalue weighted by atomic mass is 32.1. The van der Waals surface area contributed by atoms with Gasteiger partial charge in [-0.05, 0) is 100 Å². The molecule has 2 N–H and O–H groups in total. The number of ether oxygens (including phenoxy) is 1. The minimum absolute atomic E-state index is 0.175. The van der Waals surface area contributed by atoms with Crippen molar-refractivity contribution in [2.24, 2.45) is 23.2 Å². The van der Waals surface area contributed by atoms with Crippen LogP contribution in [0.5, 0.6) is 0 Å². The fourth-order valence-electron chi connectivity index (χ4n) is 7.20. The molecule has 1 aromatic rings. The zero-order valence-electron chi connectivity index (χ0n) is 19.6. The van der Waals surface area contributed by atoms with Gasteiger partial charge < -0.3 is 20.3 Å². The van der Waals surface area contributed by atoms with Crippen molar-refractivity contribution in [1.82, 2.24) is 10.2 Å². The number of anilines is 1. The molecule has 7 heteroatoms. The topological polar surface area (TPSA) is 70.7 Å². The van der Waals surface area contributed by atoms with E-state index in [0.717, 1.165) is 54.0 Å². The third kappa shape index (κ3) is 3.84. The second kappa shape index (κ2) is 8.42. The molecule has 0 saturated heterocycles. The summed E-state index contributed by atoms with van der Waals surface area (Å²) in [6.45, 7) is 4.56. The Kier molecular flexibility index (Phi) is 5.71. The molecule has 4 fully saturated rings. The van der Waals surface area contributed by atoms with Crippen molar-refractivity contribution in [3.63, 3.8) is 0 Å². The first-order chi connectivity index (χ1) is 15.8. The molecule has 0 spiro atoms. The van der Waals surface area contributed by atoms with Crippen LogP contribution in [0.1, 0.15) is 64.0 Å². The highest BCUT2D eigenvalue weighted by Crippen LogP contribution is 2.60. The highest BCUT2D eigenvalue weighted by molar-refractivity contribution is 7.80. The first-order valence-corrected chi connectivity index (χ1v) is 12.5. The Hall–Kier alpha value is -2.41. The van der Waals surface area contributed by atoms with Crippen LogP contribution in [0.3, 0.4) is 0 Å². The van der Waals surface area contributed by atoms with Crippen LogP contribution in [0.2, 0.25) is 0 Å². The Morgan fingerprint density at radius 1 is 1.12 bits per heavy atom. The van der Waals surface area contributed by atoms with E-state index in [1.54, 1.807) is 0 Å². The van der Waals surface area contributed by atoms with Gasteiger partial charge in [0.25, 0.3) is 0 Å². The Labute approximate surface area is 201 Å². The molecule has 1 aliphatic heterocycles. The van der Waals surface area contributed by atoms with Gasteiger partial charge >= 0.3 is 5.97 Å². The van der Waals surface area contributed by atoms with Crippen LogP contribution in [-0.2, 0) is 14.3 Å². The zero-order chi connectivity index (χ0) is 23.3. The number of benzene rings is 1. The van der Waals surface area contributed by atoms with E-state index in [2.05, 4.69) is 10.6 Å². The number of nitrogens with one attached hydrogen (secondary N) is 2. The number of allylic oxidation sites excluding steroid dienone is 1. The Morgan fingerprint density at radius 3 is 2.21 bits per heavy atom. The average molecular weight is 468 g/mol. The third-order valence-corrected chi connectivity index (χ3v) is 8.68. The first kappa shape index (κ1) is 22.4. The average Bonchev–Trinajstić information content (AvgIpc) is 2.78. The van der Waals surface area contributed by atoms with Crippen LogP contribution >= 0.6 is 12.2 Å². The molecular formula is C26H33N3O3S. The van der Waals surface area contributed by atoms with E-state index in [-0.39, 0.29) is 23.3 Å². The van der Waals surface area contributed by atoms with Crippen LogP contribution in [0.15, 0.2) is 35.5 Å². The third-order valence-electron chi connectivity index (χ3n) is 8.34. The summed E-state index contributed by atoms with van der Waals surface area (Å²) in [4.78, 5) is 27.9. The van der Waals surface area contributed by atoms with Gasteiger partial charge in [-0.1, -0.05) is 12.1 Å². The van der Waals surface area contributed by atoms with Gasteiger partial charge in [0.05, 0.1) is 24.1 Å². The Bertz CT molecular complexity index is 981. The molecule has 6 rings (SSSR count). The number of thiocarbonyl (C=S) groups is 1. The van der Waals surface area contributed by atoms with Gasteiger partial charge in [-0.3, -0.25) is 4.79 Å². The summed E-state index contributed by atoms with van der Waals surface area (Å²) in [5.74, 6) is 2.03. The maximum absolute atomic E-state index is 13.4. The summed E-state index contributed by atoms with van der Waals surface area (Å²) >= 11 is 5.54. The predicted octanol–water partition coefficient (Wildman–Crippen LogP) is 4.54. The van der Waals surface area contributed by atoms with Gasteiger partial charge in [-0.15, -0.1) is 0 Å². The van der Waals surface area contributed by atoms with E-state index in [4.69, 9.17) is 17.0 Å². The van der Waals surface area contributed by atoms with Crippen LogP contribution in [0.25, 0.3) is 0 Å². The van der Waals surface area contributed by atoms with Crippen LogP contribution < -0.4 is 10.6 Å². The smallest absolute Gasteiger partial charge is 0.337 e. The van der Waals surface area contributed by atoms with Gasteiger partial charge in [-0.2, -0.15) is 0 Å². The van der Waals surface area contributed by atoms with Crippen molar-refractivity contribution in [2.75, 3.05) is 19.0 Å². The lowest BCUT2D eigenvalue weighted by atomic mass is 9.49. The molecule has 4 saturated carbocycles. The van der Waals surface area contributed by atoms with E-state index >= 15 is 0 Å². The van der Waals surface area contributed by atoms with E-state index in [0.29, 0.717) is 17.2 Å². The van der Waals surface area contributed by atoms with Crippen LogP contribution in [0.4, 0.5) is 5.69 Å². The van der Waals surface area contributed by atoms with Crippen molar-refractivity contribution >= 4 is 34.9 Å². The molecule has 1 aromatic carbocycles. The summed E-state index contributed by atoms with van der Waals surface area (Å²) in [6, 6.07) is 7.37. The van der Waals surface area contributed by atoms with Gasteiger partial charge in [0.15, 0.2) is 5.11 Å². The van der Waals surface area contributed by atoms with Crippen molar-refractivity contribution in [3.05, 3.63) is 41.1 Å². The molecule has 1 amide bonds. The van der Waals surface area contributed by atoms with Crippen LogP contribution in [0, 0.1) is 23.2 Å². The molecule has 176 valence electrons. The SMILES string of the molecule is CCN1C(=S)NC(c2ccc(NC(=O)C34CC5CC(CC(C5)C3)C4)cc2)C(C(=O)OC)=C1C. The quantitative estimate of drug-likeness (QED) is 0.489. The summed E-state index contributed by atoms with van der Waals surface area (Å²) in [7, 11) is 1.39. The number of rotatable bonds is 5. The lowest BCUT2D eigenvalue weighted by Crippen LogP contribution is -2.51. The first-order valence-electron chi connectivity index (χ1n) is 12.1. The van der Waals surface area contributed by atoms with Gasteiger partial charge in [0, 0.05) is 17.9 Å². The van der Waals surface area contributed by atoms with Crippen LogP contribution in [-0.4, -0.2) is 35.5 Å². The largest absolute Gasteiger partial charge is 0.466 e. The Morgan fingerprint density at radius 2 is 1.70 bits per heavy atom. The van der Waals surface area contributed by atoms with Crippen molar-refractivity contribution in [3.8, 4) is 0 Å². The number of amides is 1. The molecule has 33 heavy (non-hydrogen) atoms. The summed E-state index contributed by atoms with van der Waals surface area (Å²) in [6.07, 6.45) is 7.11. The summed E-state index contributed by atoms with van der Waals surface area (Å²) < 4.78 is 5.07. The maximum atomic E-state index is 13.4. The Balaban J connectivity index is 1.35. The minimum Gasteiger partial charge on any atom is -0.466 e. The van der Waals surface area contributed by atoms with Gasteiger partial charge in [0.2, 0.25) is 5.91 Å². The van der Waals surface area contributed by atoms with E-state index in [9.17, 15) is 9.59 Å². The number of carbonyl (C=O) groups is 2.